The van der Waals surface area contributed by atoms with Crippen molar-refractivity contribution >= 4 is 23.4 Å². The lowest BCUT2D eigenvalue weighted by Gasteiger charge is -2.11. The van der Waals surface area contributed by atoms with Crippen LogP contribution in [0.15, 0.2) is 59.8 Å². The molecule has 2 aromatic carbocycles. The van der Waals surface area contributed by atoms with Crippen LogP contribution in [0.1, 0.15) is 12.5 Å². The number of benzene rings is 2. The van der Waals surface area contributed by atoms with E-state index in [0.717, 1.165) is 17.1 Å². The van der Waals surface area contributed by atoms with Crippen molar-refractivity contribution in [3.63, 3.8) is 0 Å². The Morgan fingerprint density at radius 2 is 1.88 bits per heavy atom. The third-order valence-electron chi connectivity index (χ3n) is 3.80. The Labute approximate surface area is 151 Å². The summed E-state index contributed by atoms with van der Waals surface area (Å²) in [6.07, 6.45) is 0. The Balaban J connectivity index is 1.72. The van der Waals surface area contributed by atoms with Gasteiger partial charge in [-0.25, -0.2) is 0 Å². The van der Waals surface area contributed by atoms with Gasteiger partial charge >= 0.3 is 0 Å². The number of aryl methyl sites for hydroxylation is 1. The monoisotopic (exact) mass is 352 g/mol. The van der Waals surface area contributed by atoms with Gasteiger partial charge in [0, 0.05) is 18.3 Å². The van der Waals surface area contributed by atoms with E-state index in [2.05, 4.69) is 21.6 Å². The van der Waals surface area contributed by atoms with Crippen molar-refractivity contribution in [1.82, 2.24) is 14.8 Å². The van der Waals surface area contributed by atoms with Crippen LogP contribution in [0.4, 0.5) is 5.69 Å². The lowest BCUT2D eigenvalue weighted by atomic mass is 10.1. The van der Waals surface area contributed by atoms with Gasteiger partial charge in [0.25, 0.3) is 0 Å². The topological polar surface area (TPSA) is 59.8 Å². The molecule has 0 aliphatic heterocycles. The summed E-state index contributed by atoms with van der Waals surface area (Å²) in [6.45, 7) is 3.91. The summed E-state index contributed by atoms with van der Waals surface area (Å²) in [5.41, 5.74) is 2.98. The van der Waals surface area contributed by atoms with Crippen LogP contribution < -0.4 is 5.32 Å². The first kappa shape index (κ1) is 17.2. The Bertz CT molecular complexity index is 876. The highest BCUT2D eigenvalue weighted by Crippen LogP contribution is 2.26. The number of carbonyl (C=O) groups excluding carboxylic acids is 1. The summed E-state index contributed by atoms with van der Waals surface area (Å²) < 4.78 is 1.92. The summed E-state index contributed by atoms with van der Waals surface area (Å²) in [6, 6.07) is 17.6. The Morgan fingerprint density at radius 1 is 1.12 bits per heavy atom. The highest BCUT2D eigenvalue weighted by molar-refractivity contribution is 8.00. The van der Waals surface area contributed by atoms with E-state index < -0.39 is 0 Å². The summed E-state index contributed by atoms with van der Waals surface area (Å²) >= 11 is 1.39. The van der Waals surface area contributed by atoms with E-state index in [9.17, 15) is 4.79 Å². The number of thioether (sulfide) groups is 1. The summed E-state index contributed by atoms with van der Waals surface area (Å²) in [4.78, 5) is 12.4. The lowest BCUT2D eigenvalue weighted by Crippen LogP contribution is -2.22. The molecule has 5 nitrogen and oxygen atoms in total. The van der Waals surface area contributed by atoms with Crippen molar-refractivity contribution in [3.8, 4) is 11.4 Å². The molecule has 3 rings (SSSR count). The Hall–Kier alpha value is -2.60. The van der Waals surface area contributed by atoms with Crippen molar-refractivity contribution in [2.24, 2.45) is 7.05 Å². The largest absolute Gasteiger partial charge is 0.325 e. The van der Waals surface area contributed by atoms with Gasteiger partial charge in [-0.15, -0.1) is 10.2 Å². The van der Waals surface area contributed by atoms with Crippen molar-refractivity contribution in [2.45, 2.75) is 24.3 Å². The second kappa shape index (κ2) is 7.53. The van der Waals surface area contributed by atoms with Gasteiger partial charge in [-0.2, -0.15) is 0 Å². The van der Waals surface area contributed by atoms with Crippen molar-refractivity contribution in [3.05, 3.63) is 60.2 Å². The number of aromatic nitrogens is 3. The van der Waals surface area contributed by atoms with Crippen LogP contribution in [-0.4, -0.2) is 25.9 Å². The lowest BCUT2D eigenvalue weighted by molar-refractivity contribution is -0.115. The van der Waals surface area contributed by atoms with Crippen LogP contribution >= 0.6 is 11.8 Å². The van der Waals surface area contributed by atoms with Crippen molar-refractivity contribution in [1.29, 1.82) is 0 Å². The summed E-state index contributed by atoms with van der Waals surface area (Å²) in [7, 11) is 1.92. The van der Waals surface area contributed by atoms with E-state index in [-0.39, 0.29) is 11.2 Å². The Morgan fingerprint density at radius 3 is 2.60 bits per heavy atom. The number of amides is 1. The average Bonchev–Trinajstić information content (AvgIpc) is 2.96. The van der Waals surface area contributed by atoms with Gasteiger partial charge in [0.2, 0.25) is 5.91 Å². The third kappa shape index (κ3) is 4.09. The first-order valence-electron chi connectivity index (χ1n) is 8.03. The van der Waals surface area contributed by atoms with Crippen LogP contribution in [0.5, 0.6) is 0 Å². The number of nitrogens with zero attached hydrogens (tertiary/aromatic N) is 3. The quantitative estimate of drug-likeness (QED) is 0.707. The predicted octanol–water partition coefficient (Wildman–Crippen LogP) is 3.91. The molecule has 6 heteroatoms. The molecule has 3 aromatic rings. The molecular formula is C19H20N4OS. The standard InChI is InChI=1S/C19H20N4OS/c1-13-8-7-9-15(12-13)17-21-22-19(23(17)3)25-14(2)18(24)20-16-10-5-4-6-11-16/h4-12,14H,1-3H3,(H,20,24)/t14-/m0/s1. The molecule has 0 fully saturated rings. The molecule has 0 spiro atoms. The molecule has 1 amide bonds. The van der Waals surface area contributed by atoms with Crippen LogP contribution in [0.2, 0.25) is 0 Å². The maximum Gasteiger partial charge on any atom is 0.237 e. The zero-order valence-electron chi connectivity index (χ0n) is 14.4. The molecule has 0 bridgehead atoms. The maximum atomic E-state index is 12.4. The molecular weight excluding hydrogens is 332 g/mol. The number of nitrogens with one attached hydrogen (secondary N) is 1. The second-order valence-electron chi connectivity index (χ2n) is 5.85. The van der Waals surface area contributed by atoms with Gasteiger partial charge in [-0.1, -0.05) is 53.7 Å². The number of anilines is 1. The highest BCUT2D eigenvalue weighted by Gasteiger charge is 2.19. The van der Waals surface area contributed by atoms with Gasteiger partial charge in [0.05, 0.1) is 5.25 Å². The molecule has 128 valence electrons. The maximum absolute atomic E-state index is 12.4. The normalized spacial score (nSPS) is 12.0. The number of carbonyl (C=O) groups is 1. The summed E-state index contributed by atoms with van der Waals surface area (Å²) in [5.74, 6) is 0.734. The van der Waals surface area contributed by atoms with E-state index in [0.29, 0.717) is 5.16 Å². The van der Waals surface area contributed by atoms with Crippen molar-refractivity contribution in [2.75, 3.05) is 5.32 Å². The Kier molecular flexibility index (Phi) is 5.19. The average molecular weight is 352 g/mol. The molecule has 1 aromatic heterocycles. The summed E-state index contributed by atoms with van der Waals surface area (Å²) in [5, 5.41) is 11.9. The molecule has 0 radical (unpaired) electrons. The second-order valence-corrected chi connectivity index (χ2v) is 7.16. The van der Waals surface area contributed by atoms with Crippen molar-refractivity contribution < 1.29 is 4.79 Å². The number of para-hydroxylation sites is 1. The van der Waals surface area contributed by atoms with Gasteiger partial charge in [-0.05, 0) is 32.0 Å². The molecule has 1 N–H and O–H groups in total. The van der Waals surface area contributed by atoms with Crippen LogP contribution in [0.3, 0.4) is 0 Å². The predicted molar refractivity (Wildman–Crippen MR) is 102 cm³/mol. The molecule has 0 aliphatic rings. The van der Waals surface area contributed by atoms with Crippen LogP contribution in [0.25, 0.3) is 11.4 Å². The SMILES string of the molecule is Cc1cccc(-c2nnc(S[C@@H](C)C(=O)Nc3ccccc3)n2C)c1. The minimum atomic E-state index is -0.284. The number of rotatable bonds is 5. The number of hydrogen-bond acceptors (Lipinski definition) is 4. The van der Waals surface area contributed by atoms with Gasteiger partial charge < -0.3 is 9.88 Å². The van der Waals surface area contributed by atoms with E-state index in [4.69, 9.17) is 0 Å². The van der Waals surface area contributed by atoms with Gasteiger partial charge in [-0.3, -0.25) is 4.79 Å². The van der Waals surface area contributed by atoms with Crippen LogP contribution in [-0.2, 0) is 11.8 Å². The molecule has 25 heavy (non-hydrogen) atoms. The molecule has 0 unspecified atom stereocenters. The third-order valence-corrected chi connectivity index (χ3v) is 4.94. The van der Waals surface area contributed by atoms with E-state index in [1.807, 2.05) is 74.0 Å². The number of hydrogen-bond donors (Lipinski definition) is 1. The fourth-order valence-corrected chi connectivity index (χ4v) is 3.24. The minimum absolute atomic E-state index is 0.0590. The van der Waals surface area contributed by atoms with E-state index in [1.54, 1.807) is 0 Å². The van der Waals surface area contributed by atoms with E-state index >= 15 is 0 Å². The zero-order valence-corrected chi connectivity index (χ0v) is 15.2. The molecule has 0 saturated heterocycles. The molecule has 0 saturated carbocycles. The molecule has 0 aliphatic carbocycles. The van der Waals surface area contributed by atoms with Gasteiger partial charge in [0.1, 0.15) is 0 Å². The first-order valence-corrected chi connectivity index (χ1v) is 8.91. The van der Waals surface area contributed by atoms with E-state index in [1.165, 1.54) is 17.3 Å². The zero-order chi connectivity index (χ0) is 17.8. The van der Waals surface area contributed by atoms with Crippen LogP contribution in [0, 0.1) is 6.92 Å². The smallest absolute Gasteiger partial charge is 0.237 e. The first-order chi connectivity index (χ1) is 12.0. The molecule has 1 atom stereocenters. The minimum Gasteiger partial charge on any atom is -0.325 e. The molecule has 1 heterocycles. The van der Waals surface area contributed by atoms with Gasteiger partial charge in [0.15, 0.2) is 11.0 Å². The fraction of sp³-hybridized carbons (Fsp3) is 0.211. The fourth-order valence-electron chi connectivity index (χ4n) is 2.43. The highest BCUT2D eigenvalue weighted by atomic mass is 32.2.